The molecule has 0 heterocycles. The van der Waals surface area contributed by atoms with Gasteiger partial charge in [0.1, 0.15) is 0 Å². The summed E-state index contributed by atoms with van der Waals surface area (Å²) in [6.07, 6.45) is -0.159. The fraction of sp³-hybridized carbons (Fsp3) is 0.300. The molecule has 0 bridgehead atoms. The number of nitrogens with one attached hydrogen (secondary N) is 1. The Labute approximate surface area is 142 Å². The summed E-state index contributed by atoms with van der Waals surface area (Å²) in [4.78, 5) is 23.5. The minimum atomic E-state index is -0.951. The molecule has 1 amide bonds. The van der Waals surface area contributed by atoms with E-state index in [1.165, 1.54) is 0 Å². The van der Waals surface area contributed by atoms with Gasteiger partial charge in [0.05, 0.1) is 12.5 Å². The standard InChI is InChI=1S/C20H23NO3/c1-20(2,3)16-11-9-14(10-12-16)17(13-18(22)23)21-19(24)15-7-5-4-6-8-15/h4-12,17H,13H2,1-3H3,(H,21,24)(H,22,23). The highest BCUT2D eigenvalue weighted by atomic mass is 16.4. The van der Waals surface area contributed by atoms with Gasteiger partial charge in [0.25, 0.3) is 5.91 Å². The van der Waals surface area contributed by atoms with Crippen LogP contribution in [0.25, 0.3) is 0 Å². The summed E-state index contributed by atoms with van der Waals surface area (Å²) in [7, 11) is 0. The van der Waals surface area contributed by atoms with Crippen molar-refractivity contribution in [1.82, 2.24) is 5.32 Å². The van der Waals surface area contributed by atoms with Crippen molar-refractivity contribution in [3.63, 3.8) is 0 Å². The van der Waals surface area contributed by atoms with Crippen LogP contribution in [0.4, 0.5) is 0 Å². The van der Waals surface area contributed by atoms with Gasteiger partial charge in [-0.25, -0.2) is 0 Å². The molecule has 0 aliphatic carbocycles. The van der Waals surface area contributed by atoms with Gasteiger partial charge in [0.15, 0.2) is 0 Å². The molecule has 2 aromatic rings. The summed E-state index contributed by atoms with van der Waals surface area (Å²) in [5.41, 5.74) is 2.48. The van der Waals surface area contributed by atoms with Crippen LogP contribution < -0.4 is 5.32 Å². The summed E-state index contributed by atoms with van der Waals surface area (Å²) in [6.45, 7) is 6.36. The Kier molecular flexibility index (Phi) is 5.39. The fourth-order valence-electron chi connectivity index (χ4n) is 2.47. The van der Waals surface area contributed by atoms with Gasteiger partial charge in [0.2, 0.25) is 0 Å². The van der Waals surface area contributed by atoms with Crippen LogP contribution in [0.15, 0.2) is 54.6 Å². The molecule has 4 nitrogen and oxygen atoms in total. The zero-order valence-electron chi connectivity index (χ0n) is 14.2. The molecule has 2 rings (SSSR count). The molecule has 1 atom stereocenters. The quantitative estimate of drug-likeness (QED) is 0.875. The molecule has 0 fully saturated rings. The molecule has 4 heteroatoms. The second-order valence-corrected chi connectivity index (χ2v) is 6.86. The summed E-state index contributed by atoms with van der Waals surface area (Å²) in [5.74, 6) is -1.23. The van der Waals surface area contributed by atoms with E-state index in [0.29, 0.717) is 5.56 Å². The first-order valence-corrected chi connectivity index (χ1v) is 7.95. The topological polar surface area (TPSA) is 66.4 Å². The highest BCUT2D eigenvalue weighted by Crippen LogP contribution is 2.25. The van der Waals surface area contributed by atoms with Crippen molar-refractivity contribution in [2.75, 3.05) is 0 Å². The predicted octanol–water partition coefficient (Wildman–Crippen LogP) is 3.93. The average molecular weight is 325 g/mol. The molecule has 126 valence electrons. The molecule has 0 radical (unpaired) electrons. The minimum absolute atomic E-state index is 0.0219. The zero-order valence-corrected chi connectivity index (χ0v) is 14.2. The molecule has 2 N–H and O–H groups in total. The maximum Gasteiger partial charge on any atom is 0.305 e. The van der Waals surface area contributed by atoms with E-state index in [4.69, 9.17) is 5.11 Å². The normalized spacial score (nSPS) is 12.5. The van der Waals surface area contributed by atoms with Crippen molar-refractivity contribution in [1.29, 1.82) is 0 Å². The number of rotatable bonds is 5. The zero-order chi connectivity index (χ0) is 17.7. The molecule has 24 heavy (non-hydrogen) atoms. The van der Waals surface area contributed by atoms with Crippen LogP contribution in [0.2, 0.25) is 0 Å². The molecule has 0 saturated carbocycles. The van der Waals surface area contributed by atoms with Crippen LogP contribution in [-0.4, -0.2) is 17.0 Å². The first kappa shape index (κ1) is 17.7. The number of carboxylic acid groups (broad SMARTS) is 1. The lowest BCUT2D eigenvalue weighted by Crippen LogP contribution is -2.30. The number of carboxylic acids is 1. The molecule has 0 spiro atoms. The van der Waals surface area contributed by atoms with E-state index in [2.05, 4.69) is 26.1 Å². The average Bonchev–Trinajstić information content (AvgIpc) is 2.54. The highest BCUT2D eigenvalue weighted by molar-refractivity contribution is 5.94. The first-order valence-electron chi connectivity index (χ1n) is 7.95. The monoisotopic (exact) mass is 325 g/mol. The van der Waals surface area contributed by atoms with E-state index in [-0.39, 0.29) is 17.7 Å². The van der Waals surface area contributed by atoms with Crippen LogP contribution in [0.1, 0.15) is 54.7 Å². The third-order valence-corrected chi connectivity index (χ3v) is 3.90. The number of carbonyl (C=O) groups excluding carboxylic acids is 1. The second-order valence-electron chi connectivity index (χ2n) is 6.86. The Morgan fingerprint density at radius 3 is 2.08 bits per heavy atom. The van der Waals surface area contributed by atoms with Crippen molar-refractivity contribution < 1.29 is 14.7 Å². The Morgan fingerprint density at radius 2 is 1.58 bits per heavy atom. The largest absolute Gasteiger partial charge is 0.481 e. The number of hydrogen-bond donors (Lipinski definition) is 2. The third-order valence-electron chi connectivity index (χ3n) is 3.90. The number of aliphatic carboxylic acids is 1. The molecular formula is C20H23NO3. The van der Waals surface area contributed by atoms with Gasteiger partial charge in [-0.2, -0.15) is 0 Å². The summed E-state index contributed by atoms with van der Waals surface area (Å²) in [5, 5.41) is 12.0. The van der Waals surface area contributed by atoms with Gasteiger partial charge < -0.3 is 10.4 Å². The summed E-state index contributed by atoms with van der Waals surface area (Å²) >= 11 is 0. The molecule has 0 aliphatic rings. The Morgan fingerprint density at radius 1 is 1.00 bits per heavy atom. The van der Waals surface area contributed by atoms with E-state index in [1.807, 2.05) is 30.3 Å². The van der Waals surface area contributed by atoms with Crippen LogP contribution in [0.5, 0.6) is 0 Å². The smallest absolute Gasteiger partial charge is 0.305 e. The fourth-order valence-corrected chi connectivity index (χ4v) is 2.47. The van der Waals surface area contributed by atoms with Gasteiger partial charge >= 0.3 is 5.97 Å². The second kappa shape index (κ2) is 7.30. The van der Waals surface area contributed by atoms with Crippen molar-refractivity contribution in [2.24, 2.45) is 0 Å². The van der Waals surface area contributed by atoms with Gasteiger partial charge in [-0.1, -0.05) is 63.2 Å². The first-order chi connectivity index (χ1) is 11.3. The van der Waals surface area contributed by atoms with Crippen LogP contribution in [0, 0.1) is 0 Å². The van der Waals surface area contributed by atoms with E-state index in [9.17, 15) is 9.59 Å². The van der Waals surface area contributed by atoms with Crippen LogP contribution in [-0.2, 0) is 10.2 Å². The lowest BCUT2D eigenvalue weighted by atomic mass is 9.86. The molecular weight excluding hydrogens is 302 g/mol. The van der Waals surface area contributed by atoms with E-state index in [0.717, 1.165) is 11.1 Å². The number of carbonyl (C=O) groups is 2. The van der Waals surface area contributed by atoms with Crippen molar-refractivity contribution >= 4 is 11.9 Å². The van der Waals surface area contributed by atoms with Gasteiger partial charge in [-0.3, -0.25) is 9.59 Å². The molecule has 0 aromatic heterocycles. The maximum absolute atomic E-state index is 12.3. The molecule has 0 aliphatic heterocycles. The third kappa shape index (κ3) is 4.69. The predicted molar refractivity (Wildman–Crippen MR) is 94.0 cm³/mol. The highest BCUT2D eigenvalue weighted by Gasteiger charge is 2.20. The Balaban J connectivity index is 2.22. The number of hydrogen-bond acceptors (Lipinski definition) is 2. The Bertz CT molecular complexity index is 700. The molecule has 0 saturated heterocycles. The van der Waals surface area contributed by atoms with E-state index in [1.54, 1.807) is 24.3 Å². The van der Waals surface area contributed by atoms with Gasteiger partial charge in [-0.15, -0.1) is 0 Å². The van der Waals surface area contributed by atoms with Crippen molar-refractivity contribution in [3.05, 3.63) is 71.3 Å². The Hall–Kier alpha value is -2.62. The maximum atomic E-state index is 12.3. The lowest BCUT2D eigenvalue weighted by Gasteiger charge is -2.22. The van der Waals surface area contributed by atoms with Crippen LogP contribution in [0.3, 0.4) is 0 Å². The number of benzene rings is 2. The van der Waals surface area contributed by atoms with Crippen molar-refractivity contribution in [3.8, 4) is 0 Å². The molecule has 2 aromatic carbocycles. The van der Waals surface area contributed by atoms with Crippen molar-refractivity contribution in [2.45, 2.75) is 38.6 Å². The van der Waals surface area contributed by atoms with Gasteiger partial charge in [-0.05, 0) is 28.7 Å². The van der Waals surface area contributed by atoms with E-state index >= 15 is 0 Å². The van der Waals surface area contributed by atoms with Crippen LogP contribution >= 0.6 is 0 Å². The SMILES string of the molecule is CC(C)(C)c1ccc(C(CC(=O)O)NC(=O)c2ccccc2)cc1. The summed E-state index contributed by atoms with van der Waals surface area (Å²) in [6, 6.07) is 16.0. The summed E-state index contributed by atoms with van der Waals surface area (Å²) < 4.78 is 0. The number of amides is 1. The minimum Gasteiger partial charge on any atom is -0.481 e. The van der Waals surface area contributed by atoms with Gasteiger partial charge in [0, 0.05) is 5.56 Å². The lowest BCUT2D eigenvalue weighted by molar-refractivity contribution is -0.137. The molecule has 1 unspecified atom stereocenters. The van der Waals surface area contributed by atoms with E-state index < -0.39 is 12.0 Å².